The summed E-state index contributed by atoms with van der Waals surface area (Å²) >= 11 is 11.1. The van der Waals surface area contributed by atoms with Crippen molar-refractivity contribution in [2.45, 2.75) is 22.7 Å². The normalized spacial score (nSPS) is 20.1. The number of fused-ring (bicyclic) bond motifs is 1. The van der Waals surface area contributed by atoms with Crippen LogP contribution in [-0.2, 0) is 14.4 Å². The van der Waals surface area contributed by atoms with Crippen molar-refractivity contribution >= 4 is 86.3 Å². The number of thiazole rings is 1. The Bertz CT molecular complexity index is 1170. The molecule has 1 unspecified atom stereocenters. The first kappa shape index (κ1) is 26.5. The zero-order chi connectivity index (χ0) is 23.0. The first-order valence-electron chi connectivity index (χ1n) is 8.93. The fraction of sp³-hybridized carbons (Fsp3) is 0.294. The van der Waals surface area contributed by atoms with Crippen LogP contribution in [0.25, 0.3) is 5.57 Å². The maximum atomic E-state index is 12.8. The topological polar surface area (TPSA) is 154 Å². The van der Waals surface area contributed by atoms with E-state index in [0.717, 1.165) is 21.9 Å². The number of halogens is 1. The van der Waals surface area contributed by atoms with Gasteiger partial charge in [0.05, 0.1) is 22.9 Å². The molecule has 4 heterocycles. The van der Waals surface area contributed by atoms with Gasteiger partial charge in [0, 0.05) is 22.4 Å². The Morgan fingerprint density at radius 3 is 2.79 bits per heavy atom. The standard InChI is InChI=1S/C17H15ClN6O4S4.Na/c1-6-22-23-17(32-6)31-4-7-3-29-14-10(13(26)24(14)11(7)15(27)28)21-12(25)8(2-18)9-5-30-16(19)20-9;/h2,5,10,14H,3-4H2,1H3,(H2,19,20)(H,21,25)(H,27,28);/q;+1/p-1/t10?,14-;/m0./s1. The van der Waals surface area contributed by atoms with Crippen molar-refractivity contribution in [2.75, 3.05) is 17.2 Å². The minimum Gasteiger partial charge on any atom is -0.543 e. The minimum absolute atomic E-state index is 0. The molecule has 10 nitrogen and oxygen atoms in total. The molecular weight excluding hydrogens is 539 g/mol. The molecule has 2 amide bonds. The first-order chi connectivity index (χ1) is 15.3. The Morgan fingerprint density at radius 2 is 2.21 bits per heavy atom. The van der Waals surface area contributed by atoms with E-state index in [4.69, 9.17) is 17.3 Å². The zero-order valence-corrected chi connectivity index (χ0v) is 23.3. The Hall–Kier alpha value is -1.13. The van der Waals surface area contributed by atoms with Gasteiger partial charge in [-0.3, -0.25) is 14.5 Å². The number of carbonyl (C=O) groups excluding carboxylic acids is 3. The third kappa shape index (κ3) is 5.42. The van der Waals surface area contributed by atoms with E-state index in [-0.39, 0.29) is 46.0 Å². The van der Waals surface area contributed by atoms with Crippen LogP contribution in [0.15, 0.2) is 26.5 Å². The van der Waals surface area contributed by atoms with Gasteiger partial charge in [0.25, 0.3) is 11.8 Å². The van der Waals surface area contributed by atoms with Gasteiger partial charge in [-0.25, -0.2) is 4.98 Å². The summed E-state index contributed by atoms with van der Waals surface area (Å²) in [5.41, 5.74) is 7.43. The smallest absolute Gasteiger partial charge is 0.543 e. The number of thioether (sulfide) groups is 2. The number of aromatic nitrogens is 3. The van der Waals surface area contributed by atoms with Crippen LogP contribution in [0.1, 0.15) is 10.7 Å². The number of nitrogens with two attached hydrogens (primary N) is 1. The quantitative estimate of drug-likeness (QED) is 0.165. The summed E-state index contributed by atoms with van der Waals surface area (Å²) in [6.45, 7) is 1.83. The molecular formula is C17H14ClN6NaO4S4. The van der Waals surface area contributed by atoms with Crippen molar-refractivity contribution in [3.05, 3.63) is 32.9 Å². The van der Waals surface area contributed by atoms with Crippen LogP contribution in [-0.4, -0.2) is 60.8 Å². The first-order valence-corrected chi connectivity index (χ1v) is 13.1. The van der Waals surface area contributed by atoms with Crippen molar-refractivity contribution in [2.24, 2.45) is 0 Å². The van der Waals surface area contributed by atoms with Gasteiger partial charge in [-0.2, -0.15) is 0 Å². The van der Waals surface area contributed by atoms with E-state index in [9.17, 15) is 19.5 Å². The van der Waals surface area contributed by atoms with Gasteiger partial charge in [-0.1, -0.05) is 34.7 Å². The molecule has 2 aromatic rings. The molecule has 168 valence electrons. The second kappa shape index (κ2) is 11.1. The maximum absolute atomic E-state index is 12.8. The summed E-state index contributed by atoms with van der Waals surface area (Å²) < 4.78 is 0.711. The Balaban J connectivity index is 0.00000306. The Kier molecular flexibility index (Phi) is 8.88. The fourth-order valence-corrected chi connectivity index (χ4v) is 7.19. The molecule has 4 rings (SSSR count). The number of nitrogens with zero attached hydrogens (tertiary/aromatic N) is 4. The number of carboxylic acid groups (broad SMARTS) is 1. The number of rotatable bonds is 7. The summed E-state index contributed by atoms with van der Waals surface area (Å²) in [5, 5.41) is 24.5. The van der Waals surface area contributed by atoms with Gasteiger partial charge in [-0.15, -0.1) is 33.3 Å². The molecule has 0 saturated carbocycles. The number of nitrogens with one attached hydrogen (secondary N) is 1. The number of carboxylic acids is 1. The van der Waals surface area contributed by atoms with Gasteiger partial charge in [0.15, 0.2) is 9.47 Å². The van der Waals surface area contributed by atoms with Crippen LogP contribution >= 0.6 is 57.8 Å². The van der Waals surface area contributed by atoms with E-state index < -0.39 is 29.2 Å². The van der Waals surface area contributed by atoms with Crippen LogP contribution in [0.4, 0.5) is 5.13 Å². The minimum atomic E-state index is -1.43. The largest absolute Gasteiger partial charge is 1.00 e. The van der Waals surface area contributed by atoms with E-state index in [1.165, 1.54) is 39.8 Å². The Labute approximate surface area is 231 Å². The predicted molar refractivity (Wildman–Crippen MR) is 123 cm³/mol. The number of nitrogen functional groups attached to an aromatic ring is 1. The van der Waals surface area contributed by atoms with E-state index in [1.807, 2.05) is 6.92 Å². The van der Waals surface area contributed by atoms with Crippen molar-refractivity contribution in [3.63, 3.8) is 0 Å². The van der Waals surface area contributed by atoms with Gasteiger partial charge in [-0.05, 0) is 12.5 Å². The van der Waals surface area contributed by atoms with Crippen molar-refractivity contribution in [1.82, 2.24) is 25.4 Å². The monoisotopic (exact) mass is 552 g/mol. The maximum Gasteiger partial charge on any atom is 1.00 e. The summed E-state index contributed by atoms with van der Waals surface area (Å²) in [6, 6.07) is -0.899. The van der Waals surface area contributed by atoms with Gasteiger partial charge >= 0.3 is 29.6 Å². The van der Waals surface area contributed by atoms with Gasteiger partial charge < -0.3 is 21.0 Å². The molecule has 33 heavy (non-hydrogen) atoms. The number of hydrogen-bond donors (Lipinski definition) is 2. The molecule has 2 aliphatic rings. The number of β-lactam (4-membered cyclic amide) rings is 1. The third-order valence-electron chi connectivity index (χ3n) is 4.56. The van der Waals surface area contributed by atoms with Crippen molar-refractivity contribution < 1.29 is 49.0 Å². The van der Waals surface area contributed by atoms with Crippen LogP contribution in [0, 0.1) is 6.92 Å². The average Bonchev–Trinajstić information content (AvgIpc) is 3.38. The molecule has 2 atom stereocenters. The van der Waals surface area contributed by atoms with Crippen LogP contribution in [0.5, 0.6) is 0 Å². The van der Waals surface area contributed by atoms with Crippen LogP contribution in [0.3, 0.4) is 0 Å². The second-order valence-electron chi connectivity index (χ2n) is 6.57. The van der Waals surface area contributed by atoms with E-state index in [1.54, 1.807) is 5.38 Å². The molecule has 0 aromatic carbocycles. The number of aryl methyl sites for hydroxylation is 1. The third-order valence-corrected chi connectivity index (χ3v) is 8.85. The van der Waals surface area contributed by atoms with E-state index in [0.29, 0.717) is 27.1 Å². The summed E-state index contributed by atoms with van der Waals surface area (Å²) in [5.74, 6) is -1.86. The van der Waals surface area contributed by atoms with Gasteiger partial charge in [0.1, 0.15) is 16.4 Å². The second-order valence-corrected chi connectivity index (χ2v) is 11.2. The molecule has 0 spiro atoms. The zero-order valence-electron chi connectivity index (χ0n) is 17.2. The molecule has 0 bridgehead atoms. The molecule has 16 heteroatoms. The number of hydrogen-bond acceptors (Lipinski definition) is 12. The number of carbonyl (C=O) groups is 3. The van der Waals surface area contributed by atoms with E-state index >= 15 is 0 Å². The molecule has 1 saturated heterocycles. The summed E-state index contributed by atoms with van der Waals surface area (Å²) in [7, 11) is 0. The SMILES string of the molecule is Cc1nnc(SCC2=C(C(=O)[O-])N3C(=O)C(NC(=O)C(=CCl)c4csc(N)n4)[C@@H]3SC2)s1.[Na+]. The molecule has 0 radical (unpaired) electrons. The fourth-order valence-electron chi connectivity index (χ4n) is 3.12. The number of aliphatic carboxylic acids is 1. The van der Waals surface area contributed by atoms with Crippen LogP contribution in [0.2, 0.25) is 0 Å². The van der Waals surface area contributed by atoms with E-state index in [2.05, 4.69) is 20.5 Å². The predicted octanol–water partition coefficient (Wildman–Crippen LogP) is -2.33. The van der Waals surface area contributed by atoms with Crippen molar-refractivity contribution in [1.29, 1.82) is 0 Å². The number of anilines is 1. The average molecular weight is 553 g/mol. The number of amides is 2. The molecule has 2 aliphatic heterocycles. The molecule has 0 aliphatic carbocycles. The molecule has 1 fully saturated rings. The summed E-state index contributed by atoms with van der Waals surface area (Å²) in [4.78, 5) is 42.5. The molecule has 3 N–H and O–H groups in total. The molecule has 2 aromatic heterocycles. The van der Waals surface area contributed by atoms with Gasteiger partial charge in [0.2, 0.25) is 0 Å². The summed E-state index contributed by atoms with van der Waals surface area (Å²) in [6.07, 6.45) is 0. The van der Waals surface area contributed by atoms with Crippen molar-refractivity contribution in [3.8, 4) is 0 Å². The van der Waals surface area contributed by atoms with Crippen LogP contribution < -0.4 is 45.7 Å². The Morgan fingerprint density at radius 1 is 1.45 bits per heavy atom.